The van der Waals surface area contributed by atoms with Crippen LogP contribution in [-0.4, -0.2) is 24.4 Å². The molecule has 0 heterocycles. The van der Waals surface area contributed by atoms with Crippen molar-refractivity contribution in [2.24, 2.45) is 0 Å². The molecule has 0 saturated carbocycles. The zero-order valence-corrected chi connectivity index (χ0v) is 16.1. The van der Waals surface area contributed by atoms with Crippen molar-refractivity contribution in [2.75, 3.05) is 13.7 Å². The van der Waals surface area contributed by atoms with Crippen molar-refractivity contribution >= 4 is 23.2 Å². The number of methoxy groups -OCH3 is 1. The number of hydrogen-bond donors (Lipinski definition) is 2. The standard InChI is InChI=1S/C19H23Cl2NO3/c1-19(2,12-23)22-10-14-8-17(24-3)18(9-16(14)21)25-11-13-4-6-15(20)7-5-13/h4-9,22-23H,10-12H2,1-3H3. The molecule has 2 aromatic rings. The predicted molar refractivity (Wildman–Crippen MR) is 102 cm³/mol. The second kappa shape index (κ2) is 8.77. The van der Waals surface area contributed by atoms with Crippen LogP contribution in [0.1, 0.15) is 25.0 Å². The van der Waals surface area contributed by atoms with Crippen molar-refractivity contribution in [3.05, 3.63) is 57.6 Å². The van der Waals surface area contributed by atoms with E-state index in [0.29, 0.717) is 34.7 Å². The first-order valence-corrected chi connectivity index (χ1v) is 8.70. The minimum Gasteiger partial charge on any atom is -0.493 e. The summed E-state index contributed by atoms with van der Waals surface area (Å²) in [5.41, 5.74) is 1.48. The molecule has 0 radical (unpaired) electrons. The van der Waals surface area contributed by atoms with Gasteiger partial charge in [-0.1, -0.05) is 35.3 Å². The number of ether oxygens (including phenoxy) is 2. The van der Waals surface area contributed by atoms with Crippen LogP contribution in [0.25, 0.3) is 0 Å². The molecule has 0 bridgehead atoms. The van der Waals surface area contributed by atoms with Gasteiger partial charge in [0.15, 0.2) is 11.5 Å². The van der Waals surface area contributed by atoms with Gasteiger partial charge in [-0.05, 0) is 43.2 Å². The molecule has 0 unspecified atom stereocenters. The molecule has 136 valence electrons. The molecule has 0 aliphatic heterocycles. The van der Waals surface area contributed by atoms with Crippen molar-refractivity contribution in [1.29, 1.82) is 0 Å². The van der Waals surface area contributed by atoms with E-state index in [9.17, 15) is 5.11 Å². The first-order chi connectivity index (χ1) is 11.8. The molecule has 0 spiro atoms. The SMILES string of the molecule is COc1cc(CNC(C)(C)CO)c(Cl)cc1OCc1ccc(Cl)cc1. The van der Waals surface area contributed by atoms with Crippen LogP contribution in [0.5, 0.6) is 11.5 Å². The number of benzene rings is 2. The van der Waals surface area contributed by atoms with Crippen LogP contribution in [0.4, 0.5) is 0 Å². The summed E-state index contributed by atoms with van der Waals surface area (Å²) in [4.78, 5) is 0. The van der Waals surface area contributed by atoms with Gasteiger partial charge in [-0.2, -0.15) is 0 Å². The maximum Gasteiger partial charge on any atom is 0.163 e. The topological polar surface area (TPSA) is 50.7 Å². The van der Waals surface area contributed by atoms with Gasteiger partial charge < -0.3 is 19.9 Å². The molecule has 4 nitrogen and oxygen atoms in total. The Morgan fingerprint density at radius 2 is 1.76 bits per heavy atom. The smallest absolute Gasteiger partial charge is 0.163 e. The Morgan fingerprint density at radius 3 is 2.36 bits per heavy atom. The highest BCUT2D eigenvalue weighted by atomic mass is 35.5. The van der Waals surface area contributed by atoms with Gasteiger partial charge in [0.1, 0.15) is 6.61 Å². The van der Waals surface area contributed by atoms with Gasteiger partial charge in [-0.3, -0.25) is 0 Å². The lowest BCUT2D eigenvalue weighted by atomic mass is 10.1. The molecule has 0 amide bonds. The molecule has 0 aromatic heterocycles. The van der Waals surface area contributed by atoms with Crippen molar-refractivity contribution in [3.8, 4) is 11.5 Å². The van der Waals surface area contributed by atoms with Crippen LogP contribution in [-0.2, 0) is 13.2 Å². The zero-order chi connectivity index (χ0) is 18.4. The first-order valence-electron chi connectivity index (χ1n) is 7.94. The molecular weight excluding hydrogens is 361 g/mol. The molecule has 6 heteroatoms. The van der Waals surface area contributed by atoms with Gasteiger partial charge in [-0.15, -0.1) is 0 Å². The van der Waals surface area contributed by atoms with Crippen molar-refractivity contribution in [2.45, 2.75) is 32.5 Å². The highest BCUT2D eigenvalue weighted by molar-refractivity contribution is 6.31. The van der Waals surface area contributed by atoms with Crippen LogP contribution in [0.2, 0.25) is 10.0 Å². The second-order valence-corrected chi connectivity index (χ2v) is 7.25. The van der Waals surface area contributed by atoms with Gasteiger partial charge in [0.05, 0.1) is 13.7 Å². The third-order valence-electron chi connectivity index (χ3n) is 3.79. The second-order valence-electron chi connectivity index (χ2n) is 6.41. The molecule has 2 N–H and O–H groups in total. The lowest BCUT2D eigenvalue weighted by Gasteiger charge is -2.24. The number of nitrogens with one attached hydrogen (secondary N) is 1. The van der Waals surface area contributed by atoms with Crippen LogP contribution >= 0.6 is 23.2 Å². The van der Waals surface area contributed by atoms with Crippen molar-refractivity contribution < 1.29 is 14.6 Å². The predicted octanol–water partition coefficient (Wildman–Crippen LogP) is 4.44. The van der Waals surface area contributed by atoms with E-state index >= 15 is 0 Å². The van der Waals surface area contributed by atoms with Gasteiger partial charge in [0.25, 0.3) is 0 Å². The van der Waals surface area contributed by atoms with E-state index in [1.165, 1.54) is 0 Å². The Hall–Kier alpha value is -1.46. The highest BCUT2D eigenvalue weighted by Crippen LogP contribution is 2.34. The summed E-state index contributed by atoms with van der Waals surface area (Å²) in [6.07, 6.45) is 0. The lowest BCUT2D eigenvalue weighted by Crippen LogP contribution is -2.42. The fraction of sp³-hybridized carbons (Fsp3) is 0.368. The van der Waals surface area contributed by atoms with E-state index < -0.39 is 0 Å². The number of aliphatic hydroxyl groups excluding tert-OH is 1. The molecule has 0 aliphatic carbocycles. The Kier molecular flexibility index (Phi) is 6.96. The van der Waals surface area contributed by atoms with Gasteiger partial charge in [0, 0.05) is 28.2 Å². The minimum absolute atomic E-state index is 0.0318. The number of halogens is 2. The van der Waals surface area contributed by atoms with Crippen LogP contribution in [0.3, 0.4) is 0 Å². The van der Waals surface area contributed by atoms with E-state index in [0.717, 1.165) is 11.1 Å². The molecule has 0 aliphatic rings. The largest absolute Gasteiger partial charge is 0.493 e. The van der Waals surface area contributed by atoms with Crippen LogP contribution in [0.15, 0.2) is 36.4 Å². The lowest BCUT2D eigenvalue weighted by molar-refractivity contribution is 0.187. The van der Waals surface area contributed by atoms with Crippen LogP contribution < -0.4 is 14.8 Å². The summed E-state index contributed by atoms with van der Waals surface area (Å²) in [6, 6.07) is 11.1. The summed E-state index contributed by atoms with van der Waals surface area (Å²) in [7, 11) is 1.59. The normalized spacial score (nSPS) is 11.4. The molecular formula is C19H23Cl2NO3. The highest BCUT2D eigenvalue weighted by Gasteiger charge is 2.17. The summed E-state index contributed by atoms with van der Waals surface area (Å²) in [6.45, 7) is 4.77. The Bertz CT molecular complexity index is 703. The number of aliphatic hydroxyl groups is 1. The molecule has 25 heavy (non-hydrogen) atoms. The summed E-state index contributed by atoms with van der Waals surface area (Å²) in [5.74, 6) is 1.18. The Labute approximate surface area is 158 Å². The summed E-state index contributed by atoms with van der Waals surface area (Å²) >= 11 is 12.3. The maximum atomic E-state index is 9.33. The van der Waals surface area contributed by atoms with E-state index in [2.05, 4.69) is 5.32 Å². The van der Waals surface area contributed by atoms with Crippen LogP contribution in [0, 0.1) is 0 Å². The van der Waals surface area contributed by atoms with E-state index in [4.69, 9.17) is 32.7 Å². The maximum absolute atomic E-state index is 9.33. The van der Waals surface area contributed by atoms with Crippen molar-refractivity contribution in [1.82, 2.24) is 5.32 Å². The van der Waals surface area contributed by atoms with E-state index in [1.54, 1.807) is 13.2 Å². The van der Waals surface area contributed by atoms with Gasteiger partial charge >= 0.3 is 0 Å². The van der Waals surface area contributed by atoms with Gasteiger partial charge in [0.2, 0.25) is 0 Å². The fourth-order valence-electron chi connectivity index (χ4n) is 2.12. The molecule has 0 saturated heterocycles. The molecule has 0 fully saturated rings. The average Bonchev–Trinajstić information content (AvgIpc) is 2.60. The third-order valence-corrected chi connectivity index (χ3v) is 4.40. The molecule has 0 atom stereocenters. The number of rotatable bonds is 8. The molecule has 2 rings (SSSR count). The zero-order valence-electron chi connectivity index (χ0n) is 14.6. The number of hydrogen-bond acceptors (Lipinski definition) is 4. The monoisotopic (exact) mass is 383 g/mol. The summed E-state index contributed by atoms with van der Waals surface area (Å²) in [5, 5.41) is 13.9. The van der Waals surface area contributed by atoms with Crippen molar-refractivity contribution in [3.63, 3.8) is 0 Å². The first kappa shape index (κ1) is 19.9. The van der Waals surface area contributed by atoms with E-state index in [1.807, 2.05) is 44.2 Å². The summed E-state index contributed by atoms with van der Waals surface area (Å²) < 4.78 is 11.3. The Balaban J connectivity index is 2.11. The molecule has 2 aromatic carbocycles. The average molecular weight is 384 g/mol. The quantitative estimate of drug-likeness (QED) is 0.707. The minimum atomic E-state index is -0.389. The van der Waals surface area contributed by atoms with E-state index in [-0.39, 0.29) is 12.1 Å². The third kappa shape index (κ3) is 5.79. The van der Waals surface area contributed by atoms with Gasteiger partial charge in [-0.25, -0.2) is 0 Å². The fourth-order valence-corrected chi connectivity index (χ4v) is 2.46. The Morgan fingerprint density at radius 1 is 1.08 bits per heavy atom.